The Labute approximate surface area is 125 Å². The zero-order valence-corrected chi connectivity index (χ0v) is 12.8. The van der Waals surface area contributed by atoms with E-state index in [4.69, 9.17) is 0 Å². The minimum Gasteiger partial charge on any atom is -0.359 e. The number of fused-ring (bicyclic) bond motifs is 1. The molecule has 108 valence electrons. The number of likely N-dealkylation sites (tertiary alicyclic amines) is 1. The molecule has 1 aromatic rings. The Bertz CT molecular complexity index is 483. The molecule has 1 amide bonds. The average molecular weight is 290 g/mol. The standard InChI is InChI=1S/C16H22N2OS/c1-17-16(19)12-6-8-18(9-7-12)10-13-11-20-15-5-3-2-4-14(13)15/h2-5,12-13H,6-11H2,1H3,(H,17,19). The molecule has 0 saturated carbocycles. The normalized spacial score (nSPS) is 23.6. The number of hydrogen-bond acceptors (Lipinski definition) is 3. The minimum absolute atomic E-state index is 0.214. The van der Waals surface area contributed by atoms with Crippen LogP contribution in [0.5, 0.6) is 0 Å². The number of hydrogen-bond donors (Lipinski definition) is 1. The van der Waals surface area contributed by atoms with Crippen LogP contribution in [-0.2, 0) is 4.79 Å². The summed E-state index contributed by atoms with van der Waals surface area (Å²) in [5.74, 6) is 2.30. The van der Waals surface area contributed by atoms with Crippen LogP contribution in [0.1, 0.15) is 24.3 Å². The second kappa shape index (κ2) is 6.19. The van der Waals surface area contributed by atoms with Crippen molar-refractivity contribution in [3.8, 4) is 0 Å². The van der Waals surface area contributed by atoms with E-state index in [1.165, 1.54) is 16.2 Å². The molecule has 0 aliphatic carbocycles. The molecule has 2 aliphatic rings. The third-order valence-corrected chi connectivity index (χ3v) is 5.73. The van der Waals surface area contributed by atoms with Crippen LogP contribution in [0.25, 0.3) is 0 Å². The van der Waals surface area contributed by atoms with Gasteiger partial charge in [0.1, 0.15) is 0 Å². The summed E-state index contributed by atoms with van der Waals surface area (Å²) in [5, 5.41) is 2.77. The molecule has 1 aromatic carbocycles. The first-order valence-corrected chi connectivity index (χ1v) is 8.42. The topological polar surface area (TPSA) is 32.3 Å². The van der Waals surface area contributed by atoms with E-state index in [-0.39, 0.29) is 11.8 Å². The van der Waals surface area contributed by atoms with Crippen molar-refractivity contribution >= 4 is 17.7 Å². The van der Waals surface area contributed by atoms with Gasteiger partial charge in [-0.3, -0.25) is 4.79 Å². The third-order valence-electron chi connectivity index (χ3n) is 4.48. The highest BCUT2D eigenvalue weighted by Gasteiger charge is 2.28. The lowest BCUT2D eigenvalue weighted by Gasteiger charge is -2.32. The van der Waals surface area contributed by atoms with Crippen molar-refractivity contribution in [2.75, 3.05) is 32.4 Å². The Morgan fingerprint density at radius 2 is 2.10 bits per heavy atom. The van der Waals surface area contributed by atoms with Gasteiger partial charge in [0.2, 0.25) is 5.91 Å². The summed E-state index contributed by atoms with van der Waals surface area (Å²) in [6, 6.07) is 8.79. The Kier molecular flexibility index (Phi) is 4.32. The fourth-order valence-corrected chi connectivity index (χ4v) is 4.52. The number of amides is 1. The fourth-order valence-electron chi connectivity index (χ4n) is 3.27. The first kappa shape index (κ1) is 14.0. The first-order chi connectivity index (χ1) is 9.78. The van der Waals surface area contributed by atoms with E-state index < -0.39 is 0 Å². The zero-order valence-electron chi connectivity index (χ0n) is 12.0. The van der Waals surface area contributed by atoms with Gasteiger partial charge in [-0.2, -0.15) is 0 Å². The first-order valence-electron chi connectivity index (χ1n) is 7.43. The van der Waals surface area contributed by atoms with E-state index in [0.717, 1.165) is 32.5 Å². The Morgan fingerprint density at radius 1 is 1.35 bits per heavy atom. The summed E-state index contributed by atoms with van der Waals surface area (Å²) in [7, 11) is 1.74. The summed E-state index contributed by atoms with van der Waals surface area (Å²) in [5.41, 5.74) is 1.52. The Balaban J connectivity index is 1.55. The highest BCUT2D eigenvalue weighted by molar-refractivity contribution is 7.99. The number of thioether (sulfide) groups is 1. The molecule has 1 fully saturated rings. The van der Waals surface area contributed by atoms with Crippen molar-refractivity contribution in [3.05, 3.63) is 29.8 Å². The van der Waals surface area contributed by atoms with Crippen LogP contribution in [0.3, 0.4) is 0 Å². The summed E-state index contributed by atoms with van der Waals surface area (Å²) < 4.78 is 0. The maximum absolute atomic E-state index is 11.6. The van der Waals surface area contributed by atoms with Crippen molar-refractivity contribution in [3.63, 3.8) is 0 Å². The van der Waals surface area contributed by atoms with Gasteiger partial charge in [0.25, 0.3) is 0 Å². The SMILES string of the molecule is CNC(=O)C1CCN(CC2CSc3ccccc32)CC1. The van der Waals surface area contributed by atoms with Gasteiger partial charge >= 0.3 is 0 Å². The van der Waals surface area contributed by atoms with Crippen molar-refractivity contribution in [2.45, 2.75) is 23.7 Å². The molecule has 3 nitrogen and oxygen atoms in total. The molecule has 0 spiro atoms. The molecule has 20 heavy (non-hydrogen) atoms. The maximum atomic E-state index is 11.6. The van der Waals surface area contributed by atoms with E-state index in [2.05, 4.69) is 34.5 Å². The molecule has 3 rings (SSSR count). The monoisotopic (exact) mass is 290 g/mol. The number of benzene rings is 1. The number of carbonyl (C=O) groups excluding carboxylic acids is 1. The van der Waals surface area contributed by atoms with Gasteiger partial charge < -0.3 is 10.2 Å². The molecular formula is C16H22N2OS. The van der Waals surface area contributed by atoms with Crippen LogP contribution in [0, 0.1) is 5.92 Å². The van der Waals surface area contributed by atoms with Gasteiger partial charge in [-0.25, -0.2) is 0 Å². The second-order valence-corrected chi connectivity index (χ2v) is 6.80. The number of rotatable bonds is 3. The lowest BCUT2D eigenvalue weighted by atomic mass is 9.94. The van der Waals surface area contributed by atoms with Gasteiger partial charge in [0, 0.05) is 36.1 Å². The summed E-state index contributed by atoms with van der Waals surface area (Å²) >= 11 is 1.98. The lowest BCUT2D eigenvalue weighted by molar-refractivity contribution is -0.125. The fraction of sp³-hybridized carbons (Fsp3) is 0.562. The summed E-state index contributed by atoms with van der Waals surface area (Å²) in [6.07, 6.45) is 2.00. The quantitative estimate of drug-likeness (QED) is 0.927. The molecule has 0 bridgehead atoms. The summed E-state index contributed by atoms with van der Waals surface area (Å²) in [6.45, 7) is 3.26. The largest absolute Gasteiger partial charge is 0.359 e. The van der Waals surface area contributed by atoms with E-state index in [1.807, 2.05) is 11.8 Å². The van der Waals surface area contributed by atoms with Crippen molar-refractivity contribution in [1.29, 1.82) is 0 Å². The molecule has 0 radical (unpaired) electrons. The molecule has 1 N–H and O–H groups in total. The van der Waals surface area contributed by atoms with E-state index in [1.54, 1.807) is 7.05 Å². The van der Waals surface area contributed by atoms with Crippen LogP contribution in [-0.4, -0.2) is 43.2 Å². The zero-order chi connectivity index (χ0) is 13.9. The smallest absolute Gasteiger partial charge is 0.222 e. The average Bonchev–Trinajstić information content (AvgIpc) is 2.91. The van der Waals surface area contributed by atoms with Crippen molar-refractivity contribution < 1.29 is 4.79 Å². The predicted octanol–water partition coefficient (Wildman–Crippen LogP) is 2.33. The van der Waals surface area contributed by atoms with Crippen molar-refractivity contribution in [2.24, 2.45) is 5.92 Å². The molecule has 1 atom stereocenters. The van der Waals surface area contributed by atoms with E-state index >= 15 is 0 Å². The molecule has 0 aromatic heterocycles. The number of nitrogens with zero attached hydrogens (tertiary/aromatic N) is 1. The van der Waals surface area contributed by atoms with E-state index in [9.17, 15) is 4.79 Å². The van der Waals surface area contributed by atoms with Gasteiger partial charge in [-0.15, -0.1) is 11.8 Å². The number of piperidine rings is 1. The van der Waals surface area contributed by atoms with Gasteiger partial charge in [0.15, 0.2) is 0 Å². The lowest BCUT2D eigenvalue weighted by Crippen LogP contribution is -2.41. The van der Waals surface area contributed by atoms with Crippen LogP contribution >= 0.6 is 11.8 Å². The van der Waals surface area contributed by atoms with Gasteiger partial charge in [0.05, 0.1) is 0 Å². The third kappa shape index (κ3) is 2.86. The predicted molar refractivity (Wildman–Crippen MR) is 83.1 cm³/mol. The summed E-state index contributed by atoms with van der Waals surface area (Å²) in [4.78, 5) is 15.6. The maximum Gasteiger partial charge on any atom is 0.222 e. The molecule has 1 unspecified atom stereocenters. The van der Waals surface area contributed by atoms with Crippen LogP contribution < -0.4 is 5.32 Å². The molecule has 2 heterocycles. The van der Waals surface area contributed by atoms with Crippen molar-refractivity contribution in [1.82, 2.24) is 10.2 Å². The molecular weight excluding hydrogens is 268 g/mol. The second-order valence-electron chi connectivity index (χ2n) is 5.73. The number of carbonyl (C=O) groups is 1. The highest BCUT2D eigenvalue weighted by atomic mass is 32.2. The Morgan fingerprint density at radius 3 is 2.85 bits per heavy atom. The van der Waals surface area contributed by atoms with Crippen LogP contribution in [0.15, 0.2) is 29.2 Å². The van der Waals surface area contributed by atoms with Crippen LogP contribution in [0.4, 0.5) is 0 Å². The Hall–Kier alpha value is -1.00. The van der Waals surface area contributed by atoms with E-state index in [0.29, 0.717) is 5.92 Å². The molecule has 1 saturated heterocycles. The van der Waals surface area contributed by atoms with Gasteiger partial charge in [-0.1, -0.05) is 18.2 Å². The minimum atomic E-state index is 0.214. The van der Waals surface area contributed by atoms with Gasteiger partial charge in [-0.05, 0) is 37.6 Å². The highest BCUT2D eigenvalue weighted by Crippen LogP contribution is 2.39. The molecule has 2 aliphatic heterocycles. The molecule has 4 heteroatoms. The number of nitrogens with one attached hydrogen (secondary N) is 1. The van der Waals surface area contributed by atoms with Crippen LogP contribution in [0.2, 0.25) is 0 Å².